The fourth-order valence-electron chi connectivity index (χ4n) is 2.29. The van der Waals surface area contributed by atoms with Gasteiger partial charge in [-0.3, -0.25) is 0 Å². The van der Waals surface area contributed by atoms with Gasteiger partial charge in [-0.15, -0.1) is 0 Å². The molecule has 19 heavy (non-hydrogen) atoms. The number of hydrogen-bond donors (Lipinski definition) is 0. The van der Waals surface area contributed by atoms with Crippen molar-refractivity contribution in [3.05, 3.63) is 59.2 Å². The molecule has 0 spiro atoms. The van der Waals surface area contributed by atoms with Crippen molar-refractivity contribution in [3.63, 3.8) is 0 Å². The molecule has 0 saturated heterocycles. The van der Waals surface area contributed by atoms with E-state index in [-0.39, 0.29) is 6.42 Å². The van der Waals surface area contributed by atoms with E-state index in [1.54, 1.807) is 0 Å². The predicted molar refractivity (Wildman–Crippen MR) is 70.4 cm³/mol. The maximum atomic E-state index is 12.7. The summed E-state index contributed by atoms with van der Waals surface area (Å²) in [6, 6.07) is 7.75. The fourth-order valence-corrected chi connectivity index (χ4v) is 2.29. The number of halogens is 3. The number of alkyl halides is 3. The van der Waals surface area contributed by atoms with E-state index >= 15 is 0 Å². The third-order valence-corrected chi connectivity index (χ3v) is 3.47. The van der Waals surface area contributed by atoms with E-state index in [1.807, 2.05) is 30.3 Å². The quantitative estimate of drug-likeness (QED) is 0.692. The van der Waals surface area contributed by atoms with Gasteiger partial charge in [-0.2, -0.15) is 13.2 Å². The lowest BCUT2D eigenvalue weighted by atomic mass is 9.93. The number of allylic oxidation sites excluding steroid dienone is 6. The Bertz CT molecular complexity index is 583. The molecule has 0 amide bonds. The summed E-state index contributed by atoms with van der Waals surface area (Å²) in [5.41, 5.74) is 3.58. The van der Waals surface area contributed by atoms with Crippen LogP contribution < -0.4 is 0 Å². The van der Waals surface area contributed by atoms with Gasteiger partial charge < -0.3 is 0 Å². The summed E-state index contributed by atoms with van der Waals surface area (Å²) in [5.74, 6) is 0. The molecule has 0 aliphatic heterocycles. The van der Waals surface area contributed by atoms with Gasteiger partial charge in [0.1, 0.15) is 0 Å². The van der Waals surface area contributed by atoms with Gasteiger partial charge in [0.2, 0.25) is 0 Å². The summed E-state index contributed by atoms with van der Waals surface area (Å²) >= 11 is 0. The molecule has 0 nitrogen and oxygen atoms in total. The molecule has 0 saturated carbocycles. The molecule has 0 N–H and O–H groups in total. The highest BCUT2D eigenvalue weighted by Crippen LogP contribution is 2.36. The third kappa shape index (κ3) is 2.65. The second-order valence-electron chi connectivity index (χ2n) is 4.88. The Balaban J connectivity index is 1.87. The molecule has 2 aliphatic rings. The van der Waals surface area contributed by atoms with Crippen molar-refractivity contribution in [2.24, 2.45) is 0 Å². The molecule has 0 unspecified atom stereocenters. The smallest absolute Gasteiger partial charge is 0.166 e. The zero-order valence-electron chi connectivity index (χ0n) is 10.3. The molecule has 0 heterocycles. The Morgan fingerprint density at radius 3 is 2.11 bits per heavy atom. The number of rotatable bonds is 2. The van der Waals surface area contributed by atoms with Gasteiger partial charge in [0.15, 0.2) is 0 Å². The fraction of sp³-hybridized carbons (Fsp3) is 0.250. The van der Waals surface area contributed by atoms with Gasteiger partial charge >= 0.3 is 6.18 Å². The Morgan fingerprint density at radius 2 is 1.53 bits per heavy atom. The van der Waals surface area contributed by atoms with Crippen LogP contribution in [-0.2, 0) is 0 Å². The monoisotopic (exact) mass is 262 g/mol. The summed E-state index contributed by atoms with van der Waals surface area (Å²) in [6.45, 7) is 0. The highest BCUT2D eigenvalue weighted by atomic mass is 19.4. The van der Waals surface area contributed by atoms with Gasteiger partial charge in [0.25, 0.3) is 0 Å². The first kappa shape index (κ1) is 12.3. The first-order valence-electron chi connectivity index (χ1n) is 6.32. The van der Waals surface area contributed by atoms with Gasteiger partial charge in [0, 0.05) is 5.57 Å². The highest BCUT2D eigenvalue weighted by Gasteiger charge is 2.33. The lowest BCUT2D eigenvalue weighted by Gasteiger charge is -2.16. The van der Waals surface area contributed by atoms with Gasteiger partial charge in [0.05, 0.1) is 0 Å². The van der Waals surface area contributed by atoms with Crippen molar-refractivity contribution >= 4 is 11.1 Å². The molecule has 3 heteroatoms. The normalized spacial score (nSPS) is 18.6. The minimum atomic E-state index is -4.21. The summed E-state index contributed by atoms with van der Waals surface area (Å²) in [7, 11) is 0. The Kier molecular flexibility index (Phi) is 2.85. The van der Waals surface area contributed by atoms with E-state index in [0.29, 0.717) is 12.0 Å². The first-order chi connectivity index (χ1) is 9.04. The minimum Gasteiger partial charge on any atom is -0.166 e. The Morgan fingerprint density at radius 1 is 0.895 bits per heavy atom. The SMILES string of the molecule is FC(F)(F)C1=CC(c2ccc(C3=CC3)cc2)=CCC1. The van der Waals surface area contributed by atoms with Crippen LogP contribution >= 0.6 is 0 Å². The molecule has 1 aromatic rings. The lowest BCUT2D eigenvalue weighted by molar-refractivity contribution is -0.0939. The van der Waals surface area contributed by atoms with Crippen LogP contribution in [0.3, 0.4) is 0 Å². The molecular formula is C16H13F3. The first-order valence-corrected chi connectivity index (χ1v) is 6.32. The van der Waals surface area contributed by atoms with Crippen molar-refractivity contribution in [2.45, 2.75) is 25.4 Å². The Hall–Kier alpha value is -1.77. The van der Waals surface area contributed by atoms with Crippen molar-refractivity contribution in [2.75, 3.05) is 0 Å². The molecule has 98 valence electrons. The van der Waals surface area contributed by atoms with Crippen LogP contribution in [-0.4, -0.2) is 6.18 Å². The average molecular weight is 262 g/mol. The van der Waals surface area contributed by atoms with E-state index in [9.17, 15) is 13.2 Å². The number of benzene rings is 1. The molecule has 0 fully saturated rings. The largest absolute Gasteiger partial charge is 0.412 e. The summed E-state index contributed by atoms with van der Waals surface area (Å²) in [6.07, 6.45) is 2.63. The predicted octanol–water partition coefficient (Wildman–Crippen LogP) is 5.14. The van der Waals surface area contributed by atoms with Crippen molar-refractivity contribution in [1.29, 1.82) is 0 Å². The molecule has 1 aromatic carbocycles. The number of hydrogen-bond acceptors (Lipinski definition) is 0. The molecule has 3 rings (SSSR count). The molecule has 0 aromatic heterocycles. The maximum Gasteiger partial charge on any atom is 0.412 e. The van der Waals surface area contributed by atoms with Crippen LogP contribution in [0.2, 0.25) is 0 Å². The standard InChI is InChI=1S/C16H13F3/c17-16(18,19)15-3-1-2-14(10-15)13-8-6-12(7-9-13)11-4-5-11/h2,4,6-10H,1,3,5H2. The second-order valence-corrected chi connectivity index (χ2v) is 4.88. The topological polar surface area (TPSA) is 0 Å². The Labute approximate surface area is 109 Å². The highest BCUT2D eigenvalue weighted by molar-refractivity contribution is 5.80. The second kappa shape index (κ2) is 4.41. The van der Waals surface area contributed by atoms with Crippen LogP contribution in [0.4, 0.5) is 13.2 Å². The van der Waals surface area contributed by atoms with Crippen molar-refractivity contribution in [3.8, 4) is 0 Å². The van der Waals surface area contributed by atoms with Crippen LogP contribution in [0.25, 0.3) is 11.1 Å². The van der Waals surface area contributed by atoms with E-state index in [2.05, 4.69) is 6.08 Å². The van der Waals surface area contributed by atoms with Crippen LogP contribution in [0.5, 0.6) is 0 Å². The zero-order chi connectivity index (χ0) is 13.5. The lowest BCUT2D eigenvalue weighted by Crippen LogP contribution is -2.13. The van der Waals surface area contributed by atoms with Gasteiger partial charge in [-0.1, -0.05) is 36.4 Å². The molecule has 0 atom stereocenters. The molecule has 0 radical (unpaired) electrons. The van der Waals surface area contributed by atoms with E-state index < -0.39 is 11.7 Å². The molecular weight excluding hydrogens is 249 g/mol. The average Bonchev–Trinajstić information content (AvgIpc) is 3.22. The van der Waals surface area contributed by atoms with Crippen LogP contribution in [0, 0.1) is 0 Å². The zero-order valence-corrected chi connectivity index (χ0v) is 10.3. The van der Waals surface area contributed by atoms with Crippen molar-refractivity contribution in [1.82, 2.24) is 0 Å². The van der Waals surface area contributed by atoms with Crippen LogP contribution in [0.1, 0.15) is 30.4 Å². The summed E-state index contributed by atoms with van der Waals surface area (Å²) in [5, 5.41) is 0. The third-order valence-electron chi connectivity index (χ3n) is 3.47. The van der Waals surface area contributed by atoms with E-state index in [0.717, 1.165) is 12.0 Å². The van der Waals surface area contributed by atoms with Crippen molar-refractivity contribution < 1.29 is 13.2 Å². The minimum absolute atomic E-state index is 0.0813. The van der Waals surface area contributed by atoms with E-state index in [4.69, 9.17) is 0 Å². The molecule has 0 bridgehead atoms. The molecule has 2 aliphatic carbocycles. The van der Waals surface area contributed by atoms with Crippen LogP contribution in [0.15, 0.2) is 48.1 Å². The maximum absolute atomic E-state index is 12.7. The van der Waals surface area contributed by atoms with Gasteiger partial charge in [-0.25, -0.2) is 0 Å². The summed E-state index contributed by atoms with van der Waals surface area (Å²) in [4.78, 5) is 0. The summed E-state index contributed by atoms with van der Waals surface area (Å²) < 4.78 is 38.1. The van der Waals surface area contributed by atoms with Gasteiger partial charge in [-0.05, 0) is 47.6 Å². The van der Waals surface area contributed by atoms with E-state index in [1.165, 1.54) is 17.2 Å².